The van der Waals surface area contributed by atoms with Gasteiger partial charge in [0.2, 0.25) is 5.91 Å². The highest BCUT2D eigenvalue weighted by atomic mass is 35.5. The van der Waals surface area contributed by atoms with Crippen LogP contribution in [0.3, 0.4) is 0 Å². The monoisotopic (exact) mass is 492 g/mol. The molecule has 0 bridgehead atoms. The van der Waals surface area contributed by atoms with E-state index in [-0.39, 0.29) is 25.0 Å². The maximum Gasteiger partial charge on any atom is 0.261 e. The summed E-state index contributed by atoms with van der Waals surface area (Å²) in [5.41, 5.74) is 2.94. The summed E-state index contributed by atoms with van der Waals surface area (Å²) in [7, 11) is 0. The van der Waals surface area contributed by atoms with Gasteiger partial charge in [-0.1, -0.05) is 86.1 Å². The van der Waals surface area contributed by atoms with E-state index in [4.69, 9.17) is 16.3 Å². The minimum atomic E-state index is -0.709. The van der Waals surface area contributed by atoms with E-state index >= 15 is 0 Å². The van der Waals surface area contributed by atoms with Gasteiger partial charge in [0.05, 0.1) is 0 Å². The standard InChI is InChI=1S/C29H33ClN2O3/c1-3-18-31-29(34)27(19-23-10-6-5-7-11-23)32(20-24-12-8-9-13-26(24)30)28(33)21-35-25-16-14-22(4-2)15-17-25/h5-17,27H,3-4,18-21H2,1-2H3,(H,31,34)/t27-/m1/s1. The van der Waals surface area contributed by atoms with E-state index in [1.54, 1.807) is 11.0 Å². The molecule has 0 aliphatic carbocycles. The lowest BCUT2D eigenvalue weighted by Gasteiger charge is -2.31. The summed E-state index contributed by atoms with van der Waals surface area (Å²) in [6.07, 6.45) is 2.12. The van der Waals surface area contributed by atoms with Crippen molar-refractivity contribution < 1.29 is 14.3 Å². The molecule has 0 aliphatic rings. The molecule has 6 heteroatoms. The zero-order chi connectivity index (χ0) is 25.0. The van der Waals surface area contributed by atoms with Gasteiger partial charge in [-0.15, -0.1) is 0 Å². The first-order valence-electron chi connectivity index (χ1n) is 12.1. The van der Waals surface area contributed by atoms with Crippen LogP contribution in [0.1, 0.15) is 37.0 Å². The van der Waals surface area contributed by atoms with Gasteiger partial charge in [-0.25, -0.2) is 0 Å². The van der Waals surface area contributed by atoms with Crippen LogP contribution in [0.5, 0.6) is 5.75 Å². The highest BCUT2D eigenvalue weighted by Crippen LogP contribution is 2.21. The average molecular weight is 493 g/mol. The molecular weight excluding hydrogens is 460 g/mol. The predicted molar refractivity (Wildman–Crippen MR) is 141 cm³/mol. The molecule has 3 rings (SSSR count). The molecule has 0 radical (unpaired) electrons. The van der Waals surface area contributed by atoms with E-state index in [0.29, 0.717) is 23.7 Å². The Bertz CT molecular complexity index is 1090. The lowest BCUT2D eigenvalue weighted by Crippen LogP contribution is -2.51. The summed E-state index contributed by atoms with van der Waals surface area (Å²) < 4.78 is 5.82. The molecule has 3 aromatic rings. The Morgan fingerprint density at radius 3 is 2.26 bits per heavy atom. The van der Waals surface area contributed by atoms with Crippen molar-refractivity contribution in [3.63, 3.8) is 0 Å². The number of amides is 2. The fourth-order valence-corrected chi connectivity index (χ4v) is 3.97. The molecule has 0 saturated carbocycles. The van der Waals surface area contributed by atoms with E-state index in [1.807, 2.05) is 79.7 Å². The average Bonchev–Trinajstić information content (AvgIpc) is 2.89. The van der Waals surface area contributed by atoms with Gasteiger partial charge in [-0.3, -0.25) is 9.59 Å². The molecule has 0 heterocycles. The van der Waals surface area contributed by atoms with Crippen LogP contribution >= 0.6 is 11.6 Å². The van der Waals surface area contributed by atoms with Gasteiger partial charge < -0.3 is 15.0 Å². The van der Waals surface area contributed by atoms with Gasteiger partial charge >= 0.3 is 0 Å². The van der Waals surface area contributed by atoms with Crippen molar-refractivity contribution in [3.8, 4) is 5.75 Å². The topological polar surface area (TPSA) is 58.6 Å². The molecule has 0 spiro atoms. The number of hydrogen-bond donors (Lipinski definition) is 1. The molecule has 3 aromatic carbocycles. The van der Waals surface area contributed by atoms with Gasteiger partial charge in [-0.2, -0.15) is 0 Å². The number of nitrogens with one attached hydrogen (secondary N) is 1. The minimum Gasteiger partial charge on any atom is -0.484 e. The van der Waals surface area contributed by atoms with Crippen molar-refractivity contribution in [2.45, 2.75) is 45.7 Å². The quantitative estimate of drug-likeness (QED) is 0.366. The zero-order valence-electron chi connectivity index (χ0n) is 20.4. The number of aryl methyl sites for hydroxylation is 1. The molecule has 1 atom stereocenters. The van der Waals surface area contributed by atoms with Crippen molar-refractivity contribution in [1.82, 2.24) is 10.2 Å². The van der Waals surface area contributed by atoms with E-state index in [1.165, 1.54) is 5.56 Å². The number of nitrogens with zero attached hydrogens (tertiary/aromatic N) is 1. The number of halogens is 1. The first-order valence-corrected chi connectivity index (χ1v) is 12.5. The minimum absolute atomic E-state index is 0.178. The van der Waals surface area contributed by atoms with Gasteiger partial charge in [0.15, 0.2) is 6.61 Å². The molecule has 0 saturated heterocycles. The van der Waals surface area contributed by atoms with Crippen molar-refractivity contribution in [2.24, 2.45) is 0 Å². The second kappa shape index (κ2) is 13.5. The van der Waals surface area contributed by atoms with E-state index in [9.17, 15) is 9.59 Å². The normalized spacial score (nSPS) is 11.5. The highest BCUT2D eigenvalue weighted by Gasteiger charge is 2.31. The number of rotatable bonds is 12. The van der Waals surface area contributed by atoms with Crippen LogP contribution < -0.4 is 10.1 Å². The summed E-state index contributed by atoms with van der Waals surface area (Å²) in [6.45, 7) is 4.65. The van der Waals surface area contributed by atoms with Gasteiger partial charge in [0.1, 0.15) is 11.8 Å². The Morgan fingerprint density at radius 2 is 1.60 bits per heavy atom. The molecule has 0 aliphatic heterocycles. The summed E-state index contributed by atoms with van der Waals surface area (Å²) >= 11 is 6.43. The molecule has 2 amide bonds. The third-order valence-corrected chi connectivity index (χ3v) is 6.18. The summed E-state index contributed by atoms with van der Waals surface area (Å²) in [5, 5.41) is 3.52. The Kier molecular flexibility index (Phi) is 10.2. The number of carbonyl (C=O) groups excluding carboxylic acids is 2. The smallest absolute Gasteiger partial charge is 0.261 e. The maximum absolute atomic E-state index is 13.5. The van der Waals surface area contributed by atoms with E-state index in [0.717, 1.165) is 24.0 Å². The van der Waals surface area contributed by atoms with Crippen molar-refractivity contribution in [1.29, 1.82) is 0 Å². The fourth-order valence-electron chi connectivity index (χ4n) is 3.78. The number of benzene rings is 3. The molecule has 0 unspecified atom stereocenters. The van der Waals surface area contributed by atoms with Crippen LogP contribution in [0.4, 0.5) is 0 Å². The lowest BCUT2D eigenvalue weighted by atomic mass is 10.0. The summed E-state index contributed by atoms with van der Waals surface area (Å²) in [4.78, 5) is 28.4. The molecular formula is C29H33ClN2O3. The molecule has 1 N–H and O–H groups in total. The van der Waals surface area contributed by atoms with Crippen LogP contribution in [-0.4, -0.2) is 35.9 Å². The first-order chi connectivity index (χ1) is 17.0. The van der Waals surface area contributed by atoms with Crippen LogP contribution in [0.15, 0.2) is 78.9 Å². The largest absolute Gasteiger partial charge is 0.484 e. The van der Waals surface area contributed by atoms with Gasteiger partial charge in [0, 0.05) is 24.5 Å². The van der Waals surface area contributed by atoms with E-state index < -0.39 is 6.04 Å². The zero-order valence-corrected chi connectivity index (χ0v) is 21.1. The molecule has 0 aromatic heterocycles. The molecule has 5 nitrogen and oxygen atoms in total. The van der Waals surface area contributed by atoms with Crippen molar-refractivity contribution >= 4 is 23.4 Å². The Hall–Kier alpha value is -3.31. The van der Waals surface area contributed by atoms with Crippen molar-refractivity contribution in [2.75, 3.05) is 13.2 Å². The van der Waals surface area contributed by atoms with Crippen LogP contribution in [0, 0.1) is 0 Å². The summed E-state index contributed by atoms with van der Waals surface area (Å²) in [5.74, 6) is 0.142. The molecule has 35 heavy (non-hydrogen) atoms. The SMILES string of the molecule is CCCNC(=O)[C@@H](Cc1ccccc1)N(Cc1ccccc1Cl)C(=O)COc1ccc(CC)cc1. The van der Waals surface area contributed by atoms with Crippen LogP contribution in [0.2, 0.25) is 5.02 Å². The van der Waals surface area contributed by atoms with Gasteiger partial charge in [-0.05, 0) is 47.7 Å². The highest BCUT2D eigenvalue weighted by molar-refractivity contribution is 6.31. The number of hydrogen-bond acceptors (Lipinski definition) is 3. The van der Waals surface area contributed by atoms with Crippen LogP contribution in [-0.2, 0) is 29.0 Å². The Labute approximate surface area is 213 Å². The summed E-state index contributed by atoms with van der Waals surface area (Å²) in [6, 6.07) is 24.1. The second-order valence-electron chi connectivity index (χ2n) is 8.40. The lowest BCUT2D eigenvalue weighted by molar-refractivity contribution is -0.142. The Morgan fingerprint density at radius 1 is 0.914 bits per heavy atom. The third-order valence-electron chi connectivity index (χ3n) is 5.81. The maximum atomic E-state index is 13.5. The Balaban J connectivity index is 1.88. The number of ether oxygens (including phenoxy) is 1. The van der Waals surface area contributed by atoms with Crippen LogP contribution in [0.25, 0.3) is 0 Å². The molecule has 184 valence electrons. The fraction of sp³-hybridized carbons (Fsp3) is 0.310. The van der Waals surface area contributed by atoms with E-state index in [2.05, 4.69) is 12.2 Å². The van der Waals surface area contributed by atoms with Crippen molar-refractivity contribution in [3.05, 3.63) is 101 Å². The third kappa shape index (κ3) is 7.86. The predicted octanol–water partition coefficient (Wildman–Crippen LogP) is 5.45. The number of carbonyl (C=O) groups is 2. The first kappa shape index (κ1) is 26.3. The second-order valence-corrected chi connectivity index (χ2v) is 8.80. The molecule has 0 fully saturated rings. The van der Waals surface area contributed by atoms with Gasteiger partial charge in [0.25, 0.3) is 5.91 Å².